The lowest BCUT2D eigenvalue weighted by atomic mass is 9.97. The number of fused-ring (bicyclic) bond motifs is 1. The fourth-order valence-corrected chi connectivity index (χ4v) is 7.25. The number of carbonyl (C=O) groups excluding carboxylic acids is 1. The number of amides is 1. The molecule has 4 heterocycles. The lowest BCUT2D eigenvalue weighted by Crippen LogP contribution is -2.52. The van der Waals surface area contributed by atoms with Crippen molar-refractivity contribution in [1.29, 1.82) is 0 Å². The summed E-state index contributed by atoms with van der Waals surface area (Å²) in [5.74, 6) is 1.39. The maximum atomic E-state index is 13.2. The Balaban J connectivity index is 1.16. The molecule has 0 bridgehead atoms. The molecule has 1 unspecified atom stereocenters. The lowest BCUT2D eigenvalue weighted by molar-refractivity contribution is -0.138. The number of carbonyl (C=O) groups is 1. The highest BCUT2D eigenvalue weighted by atomic mass is 32.2. The second-order valence-electron chi connectivity index (χ2n) is 8.42. The van der Waals surface area contributed by atoms with Gasteiger partial charge in [0.05, 0.1) is 5.92 Å². The Hall–Kier alpha value is -2.14. The van der Waals surface area contributed by atoms with Gasteiger partial charge in [0.1, 0.15) is 4.21 Å². The quantitative estimate of drug-likeness (QED) is 0.657. The van der Waals surface area contributed by atoms with Crippen molar-refractivity contribution < 1.29 is 22.7 Å². The van der Waals surface area contributed by atoms with Gasteiger partial charge in [0.25, 0.3) is 10.0 Å². The molecule has 0 saturated carbocycles. The van der Waals surface area contributed by atoms with Crippen LogP contribution in [-0.4, -0.2) is 74.5 Å². The summed E-state index contributed by atoms with van der Waals surface area (Å²) >= 11 is 1.22. The monoisotopic (exact) mass is 477 g/mol. The van der Waals surface area contributed by atoms with E-state index in [1.165, 1.54) is 15.6 Å². The zero-order chi connectivity index (χ0) is 22.1. The van der Waals surface area contributed by atoms with Crippen molar-refractivity contribution in [2.75, 3.05) is 46.1 Å². The van der Waals surface area contributed by atoms with Gasteiger partial charge in [-0.1, -0.05) is 12.1 Å². The number of ether oxygens (including phenoxy) is 2. The summed E-state index contributed by atoms with van der Waals surface area (Å²) in [6.07, 6.45) is 1.46. The molecule has 5 rings (SSSR count). The highest BCUT2D eigenvalue weighted by Crippen LogP contribution is 2.33. The minimum absolute atomic E-state index is 0.0822. The first-order valence-electron chi connectivity index (χ1n) is 10.9. The minimum Gasteiger partial charge on any atom is -0.454 e. The number of rotatable bonds is 5. The molecule has 10 heteroatoms. The molecule has 2 saturated heterocycles. The third-order valence-electron chi connectivity index (χ3n) is 6.35. The van der Waals surface area contributed by atoms with Gasteiger partial charge in [-0.25, -0.2) is 8.42 Å². The molecule has 2 fully saturated rings. The van der Waals surface area contributed by atoms with Crippen LogP contribution in [0.4, 0.5) is 0 Å². The summed E-state index contributed by atoms with van der Waals surface area (Å²) < 4.78 is 38.4. The van der Waals surface area contributed by atoms with Crippen molar-refractivity contribution >= 4 is 27.3 Å². The predicted molar refractivity (Wildman–Crippen MR) is 120 cm³/mol. The molecule has 32 heavy (non-hydrogen) atoms. The first-order valence-corrected chi connectivity index (χ1v) is 13.3. The van der Waals surface area contributed by atoms with E-state index >= 15 is 0 Å². The molecule has 172 valence electrons. The van der Waals surface area contributed by atoms with Gasteiger partial charge in [0.2, 0.25) is 12.7 Å². The van der Waals surface area contributed by atoms with E-state index < -0.39 is 10.0 Å². The van der Waals surface area contributed by atoms with Crippen LogP contribution in [0.1, 0.15) is 18.4 Å². The van der Waals surface area contributed by atoms with Crippen molar-refractivity contribution in [3.8, 4) is 11.5 Å². The normalized spacial score (nSPS) is 22.2. The molecule has 2 aromatic rings. The van der Waals surface area contributed by atoms with Crippen molar-refractivity contribution in [2.45, 2.75) is 23.6 Å². The molecule has 1 aromatic carbocycles. The van der Waals surface area contributed by atoms with Gasteiger partial charge in [-0.2, -0.15) is 4.31 Å². The smallest absolute Gasteiger partial charge is 0.252 e. The zero-order valence-electron chi connectivity index (χ0n) is 17.8. The van der Waals surface area contributed by atoms with Gasteiger partial charge in [-0.15, -0.1) is 11.3 Å². The maximum Gasteiger partial charge on any atom is 0.252 e. The van der Waals surface area contributed by atoms with Crippen LogP contribution < -0.4 is 9.47 Å². The molecule has 3 aliphatic rings. The Morgan fingerprint density at radius 1 is 1.06 bits per heavy atom. The first-order chi connectivity index (χ1) is 15.5. The number of benzene rings is 1. The maximum absolute atomic E-state index is 13.2. The van der Waals surface area contributed by atoms with Crippen LogP contribution in [0.15, 0.2) is 39.9 Å². The molecule has 0 spiro atoms. The molecular weight excluding hydrogens is 450 g/mol. The van der Waals surface area contributed by atoms with E-state index in [-0.39, 0.29) is 25.2 Å². The molecule has 0 aliphatic carbocycles. The third-order valence-corrected chi connectivity index (χ3v) is 9.59. The Labute approximate surface area is 192 Å². The SMILES string of the molecule is O=C(C1CCCN(S(=O)(=O)c2cccs2)C1)N1CCN(Cc2ccc3c(c2)OCO3)CC1. The van der Waals surface area contributed by atoms with Crippen LogP contribution in [0.3, 0.4) is 0 Å². The van der Waals surface area contributed by atoms with Gasteiger partial charge >= 0.3 is 0 Å². The van der Waals surface area contributed by atoms with Crippen LogP contribution >= 0.6 is 11.3 Å². The van der Waals surface area contributed by atoms with Gasteiger partial charge in [-0.05, 0) is 42.0 Å². The standard InChI is InChI=1S/C22H27N3O5S2/c26-22(18-3-1-7-25(15-18)32(27,28)21-4-2-12-31-21)24-10-8-23(9-11-24)14-17-5-6-19-20(13-17)30-16-29-19/h2,4-6,12-13,18H,1,3,7-11,14-16H2. The second-order valence-corrected chi connectivity index (χ2v) is 11.5. The number of nitrogens with zero attached hydrogens (tertiary/aromatic N) is 3. The number of thiophene rings is 1. The van der Waals surface area contributed by atoms with Crippen molar-refractivity contribution in [2.24, 2.45) is 5.92 Å². The summed E-state index contributed by atoms with van der Waals surface area (Å²) in [4.78, 5) is 17.4. The zero-order valence-corrected chi connectivity index (χ0v) is 19.4. The van der Waals surface area contributed by atoms with Gasteiger partial charge in [-0.3, -0.25) is 9.69 Å². The number of hydrogen-bond donors (Lipinski definition) is 0. The molecule has 0 radical (unpaired) electrons. The second kappa shape index (κ2) is 9.01. The number of piperazine rings is 1. The molecule has 1 atom stereocenters. The highest BCUT2D eigenvalue weighted by Gasteiger charge is 2.36. The largest absolute Gasteiger partial charge is 0.454 e. The van der Waals surface area contributed by atoms with Crippen LogP contribution in [0.2, 0.25) is 0 Å². The molecule has 0 N–H and O–H groups in total. The Kier molecular flexibility index (Phi) is 6.11. The van der Waals surface area contributed by atoms with E-state index in [1.807, 2.05) is 17.0 Å². The van der Waals surface area contributed by atoms with E-state index in [9.17, 15) is 13.2 Å². The lowest BCUT2D eigenvalue weighted by Gasteiger charge is -2.38. The predicted octanol–water partition coefficient (Wildman–Crippen LogP) is 2.22. The average molecular weight is 478 g/mol. The Morgan fingerprint density at radius 2 is 1.88 bits per heavy atom. The fraction of sp³-hybridized carbons (Fsp3) is 0.500. The Morgan fingerprint density at radius 3 is 2.66 bits per heavy atom. The molecule has 3 aliphatic heterocycles. The first kappa shape index (κ1) is 21.7. The molecule has 1 aromatic heterocycles. The number of sulfonamides is 1. The van der Waals surface area contributed by atoms with Crippen LogP contribution in [0.25, 0.3) is 0 Å². The van der Waals surface area contributed by atoms with E-state index in [2.05, 4.69) is 11.0 Å². The summed E-state index contributed by atoms with van der Waals surface area (Å²) in [5, 5.41) is 1.77. The van der Waals surface area contributed by atoms with Crippen molar-refractivity contribution in [3.05, 3.63) is 41.3 Å². The summed E-state index contributed by atoms with van der Waals surface area (Å²) in [6, 6.07) is 9.38. The summed E-state index contributed by atoms with van der Waals surface area (Å²) in [6.45, 7) is 4.74. The number of piperidine rings is 1. The third kappa shape index (κ3) is 4.36. The van der Waals surface area contributed by atoms with E-state index in [4.69, 9.17) is 9.47 Å². The highest BCUT2D eigenvalue weighted by molar-refractivity contribution is 7.91. The van der Waals surface area contributed by atoms with Gasteiger partial charge in [0.15, 0.2) is 11.5 Å². The fourth-order valence-electron chi connectivity index (χ4n) is 4.58. The average Bonchev–Trinajstić information content (AvgIpc) is 3.51. The Bertz CT molecular complexity index is 1070. The number of hydrogen-bond acceptors (Lipinski definition) is 7. The van der Waals surface area contributed by atoms with Crippen LogP contribution in [0, 0.1) is 5.92 Å². The van der Waals surface area contributed by atoms with Gasteiger partial charge < -0.3 is 14.4 Å². The van der Waals surface area contributed by atoms with Crippen LogP contribution in [0.5, 0.6) is 11.5 Å². The van der Waals surface area contributed by atoms with E-state index in [0.29, 0.717) is 30.3 Å². The topological polar surface area (TPSA) is 79.4 Å². The summed E-state index contributed by atoms with van der Waals surface area (Å²) in [7, 11) is -3.51. The van der Waals surface area contributed by atoms with Crippen molar-refractivity contribution in [3.63, 3.8) is 0 Å². The molecular formula is C22H27N3O5S2. The summed E-state index contributed by atoms with van der Waals surface area (Å²) in [5.41, 5.74) is 1.16. The van der Waals surface area contributed by atoms with Crippen LogP contribution in [-0.2, 0) is 21.4 Å². The molecule has 1 amide bonds. The minimum atomic E-state index is -3.51. The van der Waals surface area contributed by atoms with Gasteiger partial charge in [0, 0.05) is 45.8 Å². The van der Waals surface area contributed by atoms with Crippen molar-refractivity contribution in [1.82, 2.24) is 14.1 Å². The molecule has 8 nitrogen and oxygen atoms in total. The van der Waals surface area contributed by atoms with E-state index in [1.54, 1.807) is 17.5 Å². The van der Waals surface area contributed by atoms with E-state index in [0.717, 1.165) is 43.1 Å².